The largest absolute Gasteiger partial charge is 0.386 e. The molecule has 1 atom stereocenters. The molecule has 2 N–H and O–H groups in total. The van der Waals surface area contributed by atoms with Crippen LogP contribution in [0.4, 0.5) is 4.39 Å². The molecule has 1 aromatic carbocycles. The number of aliphatic imine (C=N–C) groups is 1. The molecule has 2 aromatic rings. The highest BCUT2D eigenvalue weighted by Gasteiger charge is 2.29. The summed E-state index contributed by atoms with van der Waals surface area (Å²) in [6.45, 7) is 4.27. The monoisotopic (exact) mass is 567 g/mol. The molecule has 0 amide bonds. The van der Waals surface area contributed by atoms with Gasteiger partial charge in [-0.05, 0) is 24.6 Å². The highest BCUT2D eigenvalue weighted by atomic mass is 127. The topological polar surface area (TPSA) is 111 Å². The number of rotatable bonds is 7. The summed E-state index contributed by atoms with van der Waals surface area (Å²) < 4.78 is 44.3. The van der Waals surface area contributed by atoms with Crippen molar-refractivity contribution >= 4 is 40.0 Å². The third kappa shape index (κ3) is 7.12. The highest BCUT2D eigenvalue weighted by Crippen LogP contribution is 2.15. The number of nitrogens with one attached hydrogen (secondary N) is 1. The number of piperazine rings is 1. The number of halogens is 2. The molecule has 0 saturated carbocycles. The van der Waals surface area contributed by atoms with Gasteiger partial charge >= 0.3 is 0 Å². The van der Waals surface area contributed by atoms with Crippen LogP contribution in [0.25, 0.3) is 0 Å². The number of aromatic nitrogens is 1. The molecule has 1 unspecified atom stereocenters. The van der Waals surface area contributed by atoms with Gasteiger partial charge in [0.25, 0.3) is 0 Å². The Kier molecular flexibility index (Phi) is 9.65. The Morgan fingerprint density at radius 3 is 2.52 bits per heavy atom. The van der Waals surface area contributed by atoms with Crippen LogP contribution in [0.1, 0.15) is 24.3 Å². The molecule has 12 heteroatoms. The smallest absolute Gasteiger partial charge is 0.220 e. The second-order valence-electron chi connectivity index (χ2n) is 6.90. The number of guanidine groups is 1. The number of hydrogen-bond donors (Lipinski definition) is 2. The maximum absolute atomic E-state index is 13.0. The predicted octanol–water partition coefficient (Wildman–Crippen LogP) is 1.58. The maximum atomic E-state index is 13.0. The van der Waals surface area contributed by atoms with Gasteiger partial charge in [0.15, 0.2) is 5.96 Å². The number of nitrogens with zero attached hydrogens (tertiary/aromatic N) is 4. The summed E-state index contributed by atoms with van der Waals surface area (Å²) in [6, 6.07) is 7.19. The maximum Gasteiger partial charge on any atom is 0.220 e. The van der Waals surface area contributed by atoms with Crippen molar-refractivity contribution < 1.29 is 22.4 Å². The van der Waals surface area contributed by atoms with E-state index in [2.05, 4.69) is 15.5 Å². The van der Waals surface area contributed by atoms with Crippen LogP contribution in [0.15, 0.2) is 46.1 Å². The first-order chi connectivity index (χ1) is 14.4. The van der Waals surface area contributed by atoms with Gasteiger partial charge in [0.05, 0.1) is 18.3 Å². The summed E-state index contributed by atoms with van der Waals surface area (Å²) >= 11 is 0. The van der Waals surface area contributed by atoms with Crippen LogP contribution >= 0.6 is 24.0 Å². The summed E-state index contributed by atoms with van der Waals surface area (Å²) in [7, 11) is -3.48. The van der Waals surface area contributed by atoms with E-state index in [1.54, 1.807) is 0 Å². The van der Waals surface area contributed by atoms with Crippen LogP contribution in [0, 0.1) is 5.82 Å². The van der Waals surface area contributed by atoms with E-state index in [0.717, 1.165) is 0 Å². The lowest BCUT2D eigenvalue weighted by atomic mass is 10.1. The lowest BCUT2D eigenvalue weighted by molar-refractivity contribution is 0.186. The first-order valence-electron chi connectivity index (χ1n) is 9.73. The molecule has 172 valence electrons. The van der Waals surface area contributed by atoms with E-state index in [1.165, 1.54) is 40.9 Å². The molecule has 9 nitrogen and oxygen atoms in total. The van der Waals surface area contributed by atoms with Gasteiger partial charge in [0.1, 0.15) is 17.8 Å². The van der Waals surface area contributed by atoms with Gasteiger partial charge in [0, 0.05) is 38.8 Å². The Balaban J connectivity index is 0.00000341. The quantitative estimate of drug-likeness (QED) is 0.297. The second kappa shape index (κ2) is 11.7. The zero-order chi connectivity index (χ0) is 21.6. The van der Waals surface area contributed by atoms with Gasteiger partial charge < -0.3 is 19.8 Å². The molecular formula is C19H27FIN5O4S. The van der Waals surface area contributed by atoms with Crippen LogP contribution in [0.2, 0.25) is 0 Å². The molecule has 0 spiro atoms. The Hall–Kier alpha value is -1.77. The molecule has 1 aliphatic rings. The van der Waals surface area contributed by atoms with E-state index in [4.69, 9.17) is 4.52 Å². The third-order valence-electron chi connectivity index (χ3n) is 4.76. The van der Waals surface area contributed by atoms with Gasteiger partial charge in [-0.1, -0.05) is 17.3 Å². The number of aliphatic hydroxyl groups excluding tert-OH is 1. The zero-order valence-corrected chi connectivity index (χ0v) is 20.3. The third-order valence-corrected chi connectivity index (χ3v) is 6.57. The number of aliphatic hydroxyl groups is 1. The van der Waals surface area contributed by atoms with E-state index >= 15 is 0 Å². The fraction of sp³-hybridized carbons (Fsp3) is 0.474. The Labute approximate surface area is 198 Å². The zero-order valence-electron chi connectivity index (χ0n) is 17.1. The molecule has 31 heavy (non-hydrogen) atoms. The van der Waals surface area contributed by atoms with E-state index in [0.29, 0.717) is 49.9 Å². The molecule has 0 aliphatic carbocycles. The molecule has 1 saturated heterocycles. The van der Waals surface area contributed by atoms with Crippen molar-refractivity contribution in [2.24, 2.45) is 4.99 Å². The average Bonchev–Trinajstić information content (AvgIpc) is 3.24. The molecule has 1 fully saturated rings. The van der Waals surface area contributed by atoms with Crippen LogP contribution in [-0.4, -0.2) is 73.1 Å². The molecular weight excluding hydrogens is 540 g/mol. The van der Waals surface area contributed by atoms with E-state index in [1.807, 2.05) is 11.8 Å². The minimum Gasteiger partial charge on any atom is -0.386 e. The van der Waals surface area contributed by atoms with Crippen molar-refractivity contribution in [3.05, 3.63) is 53.7 Å². The van der Waals surface area contributed by atoms with Gasteiger partial charge in [-0.2, -0.15) is 4.31 Å². The Bertz CT molecular complexity index is 933. The van der Waals surface area contributed by atoms with Gasteiger partial charge in [-0.25, -0.2) is 12.8 Å². The Morgan fingerprint density at radius 2 is 1.94 bits per heavy atom. The minimum absolute atomic E-state index is 0. The second-order valence-corrected chi connectivity index (χ2v) is 8.86. The van der Waals surface area contributed by atoms with Crippen molar-refractivity contribution in [3.8, 4) is 0 Å². The van der Waals surface area contributed by atoms with Crippen molar-refractivity contribution in [1.82, 2.24) is 19.7 Å². The molecule has 2 heterocycles. The van der Waals surface area contributed by atoms with Crippen molar-refractivity contribution in [2.75, 3.05) is 39.3 Å². The van der Waals surface area contributed by atoms with Crippen molar-refractivity contribution in [2.45, 2.75) is 18.8 Å². The minimum atomic E-state index is -3.48. The van der Waals surface area contributed by atoms with Crippen LogP contribution in [0.3, 0.4) is 0 Å². The van der Waals surface area contributed by atoms with E-state index in [9.17, 15) is 17.9 Å². The lowest BCUT2D eigenvalue weighted by Crippen LogP contribution is -2.54. The molecule has 0 radical (unpaired) electrons. The summed E-state index contributed by atoms with van der Waals surface area (Å²) in [4.78, 5) is 6.44. The van der Waals surface area contributed by atoms with Crippen LogP contribution in [-0.2, 0) is 15.8 Å². The fourth-order valence-corrected chi connectivity index (χ4v) is 4.58. The van der Waals surface area contributed by atoms with Crippen LogP contribution < -0.4 is 5.32 Å². The SMILES string of the molecule is CCNC(=NCC(O)c1ccc(F)cc1)N1CCN(S(=O)(=O)Cc2ccon2)CC1.I. The first-order valence-corrected chi connectivity index (χ1v) is 11.3. The van der Waals surface area contributed by atoms with Gasteiger partial charge in [-0.3, -0.25) is 4.99 Å². The van der Waals surface area contributed by atoms with E-state index in [-0.39, 0.29) is 42.1 Å². The molecule has 0 bridgehead atoms. The molecule has 1 aromatic heterocycles. The number of hydrogen-bond acceptors (Lipinski definition) is 6. The van der Waals surface area contributed by atoms with Crippen molar-refractivity contribution in [1.29, 1.82) is 0 Å². The number of sulfonamides is 1. The summed E-state index contributed by atoms with van der Waals surface area (Å²) in [6.07, 6.45) is 0.492. The summed E-state index contributed by atoms with van der Waals surface area (Å²) in [5, 5.41) is 17.2. The van der Waals surface area contributed by atoms with Gasteiger partial charge in [0.2, 0.25) is 10.0 Å². The summed E-state index contributed by atoms with van der Waals surface area (Å²) in [5.41, 5.74) is 0.960. The Morgan fingerprint density at radius 1 is 1.26 bits per heavy atom. The molecule has 3 rings (SSSR count). The highest BCUT2D eigenvalue weighted by molar-refractivity contribution is 14.0. The fourth-order valence-electron chi connectivity index (χ4n) is 3.16. The molecule has 1 aliphatic heterocycles. The normalized spacial score (nSPS) is 16.6. The predicted molar refractivity (Wildman–Crippen MR) is 125 cm³/mol. The van der Waals surface area contributed by atoms with Crippen molar-refractivity contribution in [3.63, 3.8) is 0 Å². The van der Waals surface area contributed by atoms with E-state index < -0.39 is 16.1 Å². The first kappa shape index (κ1) is 25.5. The standard InChI is InChI=1S/C19H26FN5O4S.HI/c1-2-21-19(22-13-18(26)15-3-5-16(20)6-4-15)24-8-10-25(11-9-24)30(27,28)14-17-7-12-29-23-17;/h3-7,12,18,26H,2,8-11,13-14H2,1H3,(H,21,22);1H. The lowest BCUT2D eigenvalue weighted by Gasteiger charge is -2.35. The van der Waals surface area contributed by atoms with Crippen LogP contribution in [0.5, 0.6) is 0 Å². The summed E-state index contributed by atoms with van der Waals surface area (Å²) in [5.74, 6) is 0.0491. The van der Waals surface area contributed by atoms with Gasteiger partial charge in [-0.15, -0.1) is 24.0 Å². The number of benzene rings is 1. The average molecular weight is 567 g/mol.